The molecule has 1 aromatic carbocycles. The van der Waals surface area contributed by atoms with Crippen LogP contribution in [0.3, 0.4) is 0 Å². The van der Waals surface area contributed by atoms with Gasteiger partial charge in [-0.3, -0.25) is 28.8 Å². The standard InChI is InChI=1S/C40H66N8O6/c1-24(41-9)33(49)46-31(39(3,4)5)37(53)45-29(35(51)44-28-19-13-17-26-16-11-12-18-27(26)28)20-14-22-43-36(52)30-21-15-23-48(30)38(54)32(40(6,7)8)47-34(50)25(2)42-10/h11-12,16,18,24-25,28-32,41-42H,13-15,17,19-23H2,1-10H3,(H,43,52)(H,44,51)(H,45,53)(H,46,49)(H,47,50)/t24-,25-,28+,29-,30-,31+,32+/m0/s1. The highest BCUT2D eigenvalue weighted by atomic mass is 16.2. The van der Waals surface area contributed by atoms with Gasteiger partial charge in [0.15, 0.2) is 0 Å². The fraction of sp³-hybridized carbons (Fsp3) is 0.700. The number of hydrogen-bond donors (Lipinski definition) is 7. The van der Waals surface area contributed by atoms with Gasteiger partial charge >= 0.3 is 0 Å². The molecule has 3 rings (SSSR count). The largest absolute Gasteiger partial charge is 0.354 e. The van der Waals surface area contributed by atoms with E-state index in [1.165, 1.54) is 5.56 Å². The summed E-state index contributed by atoms with van der Waals surface area (Å²) in [5.74, 6) is -2.05. The lowest BCUT2D eigenvalue weighted by Gasteiger charge is -2.36. The number of carbonyl (C=O) groups is 6. The van der Waals surface area contributed by atoms with Crippen LogP contribution in [0.4, 0.5) is 0 Å². The zero-order valence-corrected chi connectivity index (χ0v) is 34.1. The molecule has 0 unspecified atom stereocenters. The van der Waals surface area contributed by atoms with E-state index in [0.717, 1.165) is 24.8 Å². The first-order chi connectivity index (χ1) is 25.3. The van der Waals surface area contributed by atoms with Gasteiger partial charge in [0.2, 0.25) is 35.4 Å². The predicted molar refractivity (Wildman–Crippen MR) is 209 cm³/mol. The molecule has 0 aromatic heterocycles. The van der Waals surface area contributed by atoms with E-state index in [0.29, 0.717) is 25.8 Å². The van der Waals surface area contributed by atoms with Crippen molar-refractivity contribution in [1.82, 2.24) is 42.1 Å². The Morgan fingerprint density at radius 2 is 1.35 bits per heavy atom. The van der Waals surface area contributed by atoms with Crippen LogP contribution >= 0.6 is 0 Å². The number of rotatable bonds is 16. The maximum Gasteiger partial charge on any atom is 0.246 e. The third kappa shape index (κ3) is 12.0. The number of fused-ring (bicyclic) bond motifs is 1. The van der Waals surface area contributed by atoms with Crippen molar-refractivity contribution >= 4 is 35.4 Å². The van der Waals surface area contributed by atoms with E-state index in [4.69, 9.17) is 0 Å². The summed E-state index contributed by atoms with van der Waals surface area (Å²) in [6.07, 6.45) is 4.35. The minimum Gasteiger partial charge on any atom is -0.354 e. The molecule has 0 radical (unpaired) electrons. The molecule has 2 aliphatic rings. The molecule has 1 fully saturated rings. The van der Waals surface area contributed by atoms with Crippen LogP contribution in [0, 0.1) is 10.8 Å². The smallest absolute Gasteiger partial charge is 0.246 e. The number of nitrogens with one attached hydrogen (secondary N) is 7. The number of likely N-dealkylation sites (N-methyl/N-ethyl adjacent to an activating group) is 2. The first-order valence-electron chi connectivity index (χ1n) is 19.5. The maximum atomic E-state index is 14.0. The Kier molecular flexibility index (Phi) is 16.0. The second kappa shape index (κ2) is 19.5. The van der Waals surface area contributed by atoms with Crippen LogP contribution in [-0.2, 0) is 35.2 Å². The summed E-state index contributed by atoms with van der Waals surface area (Å²) in [5.41, 5.74) is 1.00. The van der Waals surface area contributed by atoms with Crippen molar-refractivity contribution in [3.05, 3.63) is 35.4 Å². The third-order valence-corrected chi connectivity index (χ3v) is 10.6. The van der Waals surface area contributed by atoms with Gasteiger partial charge in [-0.05, 0) is 94.8 Å². The SMILES string of the molecule is CN[C@@H](C)C(=O)N[C@H](C(=O)N[C@@H](CCCNC(=O)[C@@H]1CCCN1C(=O)[C@@H](NC(=O)[C@H](C)NC)C(C)(C)C)C(=O)N[C@@H]1CCCc2ccccc21)C(C)(C)C. The first-order valence-corrected chi connectivity index (χ1v) is 19.5. The van der Waals surface area contributed by atoms with Gasteiger partial charge in [0, 0.05) is 13.1 Å². The molecule has 0 spiro atoms. The number of likely N-dealkylation sites (tertiary alicyclic amines) is 1. The maximum absolute atomic E-state index is 14.0. The van der Waals surface area contributed by atoms with Crippen LogP contribution in [0.25, 0.3) is 0 Å². The molecule has 1 aliphatic carbocycles. The van der Waals surface area contributed by atoms with Crippen LogP contribution in [0.15, 0.2) is 24.3 Å². The Bertz CT molecular complexity index is 1490. The number of aryl methyl sites for hydroxylation is 1. The van der Waals surface area contributed by atoms with Gasteiger partial charge in [0.05, 0.1) is 18.1 Å². The molecule has 14 heteroatoms. The number of hydrogen-bond acceptors (Lipinski definition) is 8. The molecule has 54 heavy (non-hydrogen) atoms. The number of amides is 6. The van der Waals surface area contributed by atoms with Gasteiger partial charge in [0.1, 0.15) is 24.2 Å². The fourth-order valence-corrected chi connectivity index (χ4v) is 6.93. The van der Waals surface area contributed by atoms with Crippen LogP contribution in [0.1, 0.15) is 111 Å². The molecular weight excluding hydrogens is 688 g/mol. The number of benzene rings is 1. The van der Waals surface area contributed by atoms with Gasteiger partial charge in [-0.2, -0.15) is 0 Å². The van der Waals surface area contributed by atoms with E-state index in [-0.39, 0.29) is 48.5 Å². The normalized spacial score (nSPS) is 20.0. The molecular formula is C40H66N8O6. The molecule has 7 N–H and O–H groups in total. The monoisotopic (exact) mass is 755 g/mol. The Morgan fingerprint density at radius 1 is 0.759 bits per heavy atom. The third-order valence-electron chi connectivity index (χ3n) is 10.6. The number of nitrogens with zero attached hydrogens (tertiary/aromatic N) is 1. The van der Waals surface area contributed by atoms with Gasteiger partial charge in [0.25, 0.3) is 0 Å². The fourth-order valence-electron chi connectivity index (χ4n) is 6.93. The average molecular weight is 755 g/mol. The lowest BCUT2D eigenvalue weighted by atomic mass is 9.85. The topological polar surface area (TPSA) is 190 Å². The van der Waals surface area contributed by atoms with Crippen molar-refractivity contribution in [3.8, 4) is 0 Å². The summed E-state index contributed by atoms with van der Waals surface area (Å²) in [7, 11) is 3.34. The predicted octanol–water partition coefficient (Wildman–Crippen LogP) is 1.83. The van der Waals surface area contributed by atoms with E-state index < -0.39 is 53.0 Å². The van der Waals surface area contributed by atoms with E-state index in [1.54, 1.807) is 32.8 Å². The van der Waals surface area contributed by atoms with Crippen LogP contribution in [0.2, 0.25) is 0 Å². The second-order valence-corrected chi connectivity index (χ2v) is 17.0. The van der Waals surface area contributed by atoms with E-state index in [2.05, 4.69) is 43.3 Å². The minimum atomic E-state index is -0.937. The van der Waals surface area contributed by atoms with Crippen molar-refractivity contribution in [3.63, 3.8) is 0 Å². The molecule has 302 valence electrons. The highest BCUT2D eigenvalue weighted by Gasteiger charge is 2.42. The van der Waals surface area contributed by atoms with Crippen LogP contribution < -0.4 is 37.2 Å². The molecule has 1 heterocycles. The zero-order valence-electron chi connectivity index (χ0n) is 34.1. The Hall–Kier alpha value is -4.04. The molecule has 1 saturated heterocycles. The molecule has 1 aromatic rings. The van der Waals surface area contributed by atoms with Crippen molar-refractivity contribution < 1.29 is 28.8 Å². The lowest BCUT2D eigenvalue weighted by molar-refractivity contribution is -0.144. The van der Waals surface area contributed by atoms with E-state index >= 15 is 0 Å². The van der Waals surface area contributed by atoms with Gasteiger partial charge in [-0.1, -0.05) is 65.8 Å². The van der Waals surface area contributed by atoms with E-state index in [9.17, 15) is 28.8 Å². The summed E-state index contributed by atoms with van der Waals surface area (Å²) >= 11 is 0. The summed E-state index contributed by atoms with van der Waals surface area (Å²) in [4.78, 5) is 82.3. The summed E-state index contributed by atoms with van der Waals surface area (Å²) < 4.78 is 0. The molecule has 1 aliphatic heterocycles. The Balaban J connectivity index is 1.73. The zero-order chi connectivity index (χ0) is 40.4. The molecule has 0 saturated carbocycles. The minimum absolute atomic E-state index is 0.204. The van der Waals surface area contributed by atoms with Gasteiger partial charge in [-0.25, -0.2) is 0 Å². The van der Waals surface area contributed by atoms with Crippen molar-refractivity contribution in [2.75, 3.05) is 27.2 Å². The summed E-state index contributed by atoms with van der Waals surface area (Å²) in [6, 6.07) is 3.45. The average Bonchev–Trinajstić information content (AvgIpc) is 3.62. The summed E-state index contributed by atoms with van der Waals surface area (Å²) in [6.45, 7) is 15.2. The van der Waals surface area contributed by atoms with Crippen molar-refractivity contribution in [2.45, 2.75) is 143 Å². The molecule has 0 bridgehead atoms. The second-order valence-electron chi connectivity index (χ2n) is 17.0. The Morgan fingerprint density at radius 3 is 1.94 bits per heavy atom. The quantitative estimate of drug-likeness (QED) is 0.125. The van der Waals surface area contributed by atoms with Crippen molar-refractivity contribution in [2.24, 2.45) is 10.8 Å². The Labute approximate surface area is 321 Å². The first kappa shape index (κ1) is 44.4. The molecule has 7 atom stereocenters. The van der Waals surface area contributed by atoms with E-state index in [1.807, 2.05) is 59.7 Å². The lowest BCUT2D eigenvalue weighted by Crippen LogP contribution is -2.60. The van der Waals surface area contributed by atoms with Gasteiger partial charge < -0.3 is 42.1 Å². The molecule has 14 nitrogen and oxygen atoms in total. The van der Waals surface area contributed by atoms with Crippen LogP contribution in [0.5, 0.6) is 0 Å². The van der Waals surface area contributed by atoms with Crippen molar-refractivity contribution in [1.29, 1.82) is 0 Å². The molecule has 6 amide bonds. The number of carbonyl (C=O) groups excluding carboxylic acids is 6. The highest BCUT2D eigenvalue weighted by Crippen LogP contribution is 2.30. The van der Waals surface area contributed by atoms with Crippen LogP contribution in [-0.4, -0.2) is 104 Å². The van der Waals surface area contributed by atoms with Gasteiger partial charge in [-0.15, -0.1) is 0 Å². The summed E-state index contributed by atoms with van der Waals surface area (Å²) in [5, 5.41) is 20.6. The highest BCUT2D eigenvalue weighted by molar-refractivity contribution is 5.95.